The quantitative estimate of drug-likeness (QED) is 0.838. The number of ether oxygens (including phenoxy) is 1. The van der Waals surface area contributed by atoms with E-state index < -0.39 is 23.0 Å². The van der Waals surface area contributed by atoms with Gasteiger partial charge in [-0.3, -0.25) is 4.79 Å². The summed E-state index contributed by atoms with van der Waals surface area (Å²) in [6.07, 6.45) is 0.199. The van der Waals surface area contributed by atoms with Crippen LogP contribution < -0.4 is 0 Å². The molecule has 1 aliphatic rings. The smallest absolute Gasteiger partial charge is 0.316 e. The molecule has 1 atom stereocenters. The zero-order valence-electron chi connectivity index (χ0n) is 8.37. The molecule has 0 aromatic heterocycles. The minimum Gasteiger partial charge on any atom is -0.481 e. The molecule has 0 saturated carbocycles. The third kappa shape index (κ3) is 1.57. The van der Waals surface area contributed by atoms with E-state index in [4.69, 9.17) is 4.74 Å². The number of carboxylic acids is 1. The number of aliphatic carboxylic acids is 1. The zero-order chi connectivity index (χ0) is 11.8. The lowest BCUT2D eigenvalue weighted by Gasteiger charge is -2.22. The summed E-state index contributed by atoms with van der Waals surface area (Å²) in [5, 5.41) is 9.17. The predicted octanol–water partition coefficient (Wildman–Crippen LogP) is 1.71. The molecule has 16 heavy (non-hydrogen) atoms. The van der Waals surface area contributed by atoms with Crippen molar-refractivity contribution >= 4 is 5.97 Å². The van der Waals surface area contributed by atoms with Crippen molar-refractivity contribution in [2.24, 2.45) is 0 Å². The summed E-state index contributed by atoms with van der Waals surface area (Å²) in [5.74, 6) is -2.70. The first kappa shape index (κ1) is 11.0. The fourth-order valence-corrected chi connectivity index (χ4v) is 1.94. The largest absolute Gasteiger partial charge is 0.481 e. The van der Waals surface area contributed by atoms with Crippen molar-refractivity contribution in [2.75, 3.05) is 13.2 Å². The van der Waals surface area contributed by atoms with Gasteiger partial charge in [-0.25, -0.2) is 8.78 Å². The molecule has 1 aliphatic heterocycles. The molecule has 0 amide bonds. The van der Waals surface area contributed by atoms with Crippen molar-refractivity contribution in [1.82, 2.24) is 0 Å². The molecule has 1 N–H and O–H groups in total. The highest BCUT2D eigenvalue weighted by molar-refractivity contribution is 5.82. The number of hydrogen-bond donors (Lipinski definition) is 1. The number of carboxylic acid groups (broad SMARTS) is 1. The van der Waals surface area contributed by atoms with Gasteiger partial charge in [-0.2, -0.15) is 0 Å². The van der Waals surface area contributed by atoms with E-state index in [0.717, 1.165) is 6.07 Å². The van der Waals surface area contributed by atoms with Gasteiger partial charge in [-0.15, -0.1) is 0 Å². The van der Waals surface area contributed by atoms with Crippen molar-refractivity contribution in [3.05, 3.63) is 35.4 Å². The molecule has 2 rings (SSSR count). The fourth-order valence-electron chi connectivity index (χ4n) is 1.94. The number of rotatable bonds is 2. The second-order valence-electron chi connectivity index (χ2n) is 3.81. The van der Waals surface area contributed by atoms with E-state index in [0.29, 0.717) is 6.07 Å². The zero-order valence-corrected chi connectivity index (χ0v) is 8.37. The summed E-state index contributed by atoms with van der Waals surface area (Å²) in [6.45, 7) is 0.188. The van der Waals surface area contributed by atoms with Crippen molar-refractivity contribution in [3.63, 3.8) is 0 Å². The van der Waals surface area contributed by atoms with Crippen molar-refractivity contribution < 1.29 is 23.4 Å². The Morgan fingerprint density at radius 2 is 2.19 bits per heavy atom. The molecule has 0 aliphatic carbocycles. The lowest BCUT2D eigenvalue weighted by atomic mass is 9.79. The van der Waals surface area contributed by atoms with Crippen LogP contribution in [0.3, 0.4) is 0 Å². The van der Waals surface area contributed by atoms with Crippen LogP contribution in [0.15, 0.2) is 18.2 Å². The van der Waals surface area contributed by atoms with E-state index in [1.54, 1.807) is 0 Å². The average Bonchev–Trinajstić information content (AvgIpc) is 2.67. The molecule has 1 aromatic rings. The first-order valence-corrected chi connectivity index (χ1v) is 4.83. The highest BCUT2D eigenvalue weighted by atomic mass is 19.1. The topological polar surface area (TPSA) is 46.5 Å². The average molecular weight is 228 g/mol. The van der Waals surface area contributed by atoms with Crippen molar-refractivity contribution in [3.8, 4) is 0 Å². The van der Waals surface area contributed by atoms with E-state index in [1.807, 2.05) is 0 Å². The second kappa shape index (κ2) is 3.83. The Kier molecular flexibility index (Phi) is 2.63. The number of halogens is 2. The van der Waals surface area contributed by atoms with Gasteiger partial charge in [0.05, 0.1) is 6.61 Å². The minimum atomic E-state index is -1.38. The van der Waals surface area contributed by atoms with Crippen LogP contribution in [-0.2, 0) is 14.9 Å². The maximum absolute atomic E-state index is 13.5. The first-order chi connectivity index (χ1) is 7.56. The highest BCUT2D eigenvalue weighted by Crippen LogP contribution is 2.35. The van der Waals surface area contributed by atoms with Crippen LogP contribution in [0.2, 0.25) is 0 Å². The van der Waals surface area contributed by atoms with Crippen LogP contribution in [0.4, 0.5) is 8.78 Å². The standard InChI is InChI=1S/C11H10F2O3/c12-7-1-2-8(9(13)5-7)11(10(14)15)3-4-16-6-11/h1-2,5H,3-4,6H2,(H,14,15). The second-order valence-corrected chi connectivity index (χ2v) is 3.81. The molecule has 1 heterocycles. The minimum absolute atomic E-state index is 0.0149. The van der Waals surface area contributed by atoms with Crippen LogP contribution >= 0.6 is 0 Å². The van der Waals surface area contributed by atoms with Gasteiger partial charge in [0.25, 0.3) is 0 Å². The lowest BCUT2D eigenvalue weighted by molar-refractivity contribution is -0.144. The van der Waals surface area contributed by atoms with Gasteiger partial charge in [0.1, 0.15) is 17.0 Å². The van der Waals surface area contributed by atoms with Gasteiger partial charge in [-0.1, -0.05) is 6.07 Å². The Hall–Kier alpha value is -1.49. The third-order valence-corrected chi connectivity index (χ3v) is 2.88. The summed E-state index contributed by atoms with van der Waals surface area (Å²) in [5.41, 5.74) is -1.39. The lowest BCUT2D eigenvalue weighted by Crippen LogP contribution is -2.37. The molecule has 0 spiro atoms. The Labute approximate surface area is 90.7 Å². The van der Waals surface area contributed by atoms with Gasteiger partial charge in [0.2, 0.25) is 0 Å². The van der Waals surface area contributed by atoms with Gasteiger partial charge < -0.3 is 9.84 Å². The molecule has 1 saturated heterocycles. The summed E-state index contributed by atoms with van der Waals surface area (Å²) in [4.78, 5) is 11.2. The summed E-state index contributed by atoms with van der Waals surface area (Å²) in [6, 6.07) is 2.92. The predicted molar refractivity (Wildman–Crippen MR) is 51.1 cm³/mol. The molecule has 1 aromatic carbocycles. The van der Waals surface area contributed by atoms with Crippen LogP contribution in [0.1, 0.15) is 12.0 Å². The molecule has 1 fully saturated rings. The van der Waals surface area contributed by atoms with E-state index in [2.05, 4.69) is 0 Å². The van der Waals surface area contributed by atoms with Crippen molar-refractivity contribution in [2.45, 2.75) is 11.8 Å². The van der Waals surface area contributed by atoms with Crippen molar-refractivity contribution in [1.29, 1.82) is 0 Å². The van der Waals surface area contributed by atoms with Gasteiger partial charge >= 0.3 is 5.97 Å². The van der Waals surface area contributed by atoms with Gasteiger partial charge in [0.15, 0.2) is 0 Å². The number of hydrogen-bond acceptors (Lipinski definition) is 2. The number of carbonyl (C=O) groups is 1. The van der Waals surface area contributed by atoms with E-state index in [-0.39, 0.29) is 25.2 Å². The van der Waals surface area contributed by atoms with E-state index in [9.17, 15) is 18.7 Å². The molecule has 86 valence electrons. The van der Waals surface area contributed by atoms with E-state index >= 15 is 0 Å². The Morgan fingerprint density at radius 1 is 1.44 bits per heavy atom. The summed E-state index contributed by atoms with van der Waals surface area (Å²) < 4.78 is 31.3. The van der Waals surface area contributed by atoms with Crippen LogP contribution in [0.25, 0.3) is 0 Å². The van der Waals surface area contributed by atoms with Crippen LogP contribution in [0.5, 0.6) is 0 Å². The Balaban J connectivity index is 2.51. The Bertz CT molecular complexity index is 425. The maximum atomic E-state index is 13.5. The molecule has 5 heteroatoms. The maximum Gasteiger partial charge on any atom is 0.316 e. The number of benzene rings is 1. The van der Waals surface area contributed by atoms with E-state index in [1.165, 1.54) is 6.07 Å². The molecular formula is C11H10F2O3. The van der Waals surface area contributed by atoms with Crippen LogP contribution in [0, 0.1) is 11.6 Å². The monoisotopic (exact) mass is 228 g/mol. The molecule has 3 nitrogen and oxygen atoms in total. The highest BCUT2D eigenvalue weighted by Gasteiger charge is 2.45. The SMILES string of the molecule is O=C(O)C1(c2ccc(F)cc2F)CCOC1. The summed E-state index contributed by atoms with van der Waals surface area (Å²) in [7, 11) is 0. The molecular weight excluding hydrogens is 218 g/mol. The summed E-state index contributed by atoms with van der Waals surface area (Å²) >= 11 is 0. The Morgan fingerprint density at radius 3 is 2.69 bits per heavy atom. The van der Waals surface area contributed by atoms with Gasteiger partial charge in [0, 0.05) is 18.2 Å². The normalized spacial score (nSPS) is 24.6. The fraction of sp³-hybridized carbons (Fsp3) is 0.364. The first-order valence-electron chi connectivity index (χ1n) is 4.83. The van der Waals surface area contributed by atoms with Gasteiger partial charge in [-0.05, 0) is 12.5 Å². The molecule has 1 unspecified atom stereocenters. The molecule has 0 radical (unpaired) electrons. The molecule has 0 bridgehead atoms. The van der Waals surface area contributed by atoms with Crippen LogP contribution in [-0.4, -0.2) is 24.3 Å². The third-order valence-electron chi connectivity index (χ3n) is 2.88.